The molecule has 136 valence electrons. The second-order valence-corrected chi connectivity index (χ2v) is 5.86. The molecule has 1 N–H and O–H groups in total. The van der Waals surface area contributed by atoms with Gasteiger partial charge in [0.15, 0.2) is 6.61 Å². The number of amides is 1. The third-order valence-corrected chi connectivity index (χ3v) is 4.03. The van der Waals surface area contributed by atoms with E-state index >= 15 is 0 Å². The fourth-order valence-electron chi connectivity index (χ4n) is 2.83. The first kappa shape index (κ1) is 17.8. The molecule has 7 heteroatoms. The smallest absolute Gasteiger partial charge is 0.387 e. The number of carbonyl (C=O) groups excluding carboxylic acids is 2. The Labute approximate surface area is 148 Å². The molecule has 0 radical (unpaired) electrons. The zero-order valence-electron chi connectivity index (χ0n) is 13.8. The number of halogens is 2. The predicted octanol–water partition coefficient (Wildman–Crippen LogP) is 3.57. The third kappa shape index (κ3) is 4.56. The van der Waals surface area contributed by atoms with Crippen LogP contribution >= 0.6 is 0 Å². The molecule has 1 amide bonds. The molecule has 0 aromatic heterocycles. The van der Waals surface area contributed by atoms with Crippen LogP contribution in [0.1, 0.15) is 27.9 Å². The highest BCUT2D eigenvalue weighted by Gasteiger charge is 2.14. The van der Waals surface area contributed by atoms with Crippen LogP contribution in [-0.2, 0) is 22.4 Å². The van der Waals surface area contributed by atoms with Crippen LogP contribution in [0.15, 0.2) is 42.5 Å². The van der Waals surface area contributed by atoms with Crippen LogP contribution in [0.4, 0.5) is 14.5 Å². The Kier molecular flexibility index (Phi) is 5.46. The molecule has 0 fully saturated rings. The molecule has 1 aliphatic carbocycles. The van der Waals surface area contributed by atoms with Gasteiger partial charge in [-0.3, -0.25) is 4.79 Å². The number of alkyl halides is 2. The lowest BCUT2D eigenvalue weighted by molar-refractivity contribution is -0.119. The SMILES string of the molecule is O=C(COC(=O)c1ccc(OC(F)F)cc1)Nc1ccc2c(c1)CCC2. The van der Waals surface area contributed by atoms with Gasteiger partial charge in [0, 0.05) is 5.69 Å². The number of rotatable bonds is 6. The highest BCUT2D eigenvalue weighted by molar-refractivity contribution is 5.95. The van der Waals surface area contributed by atoms with Crippen LogP contribution in [-0.4, -0.2) is 25.1 Å². The van der Waals surface area contributed by atoms with Gasteiger partial charge in [-0.25, -0.2) is 4.79 Å². The Hall–Kier alpha value is -2.96. The number of aryl methyl sites for hydroxylation is 2. The number of nitrogens with one attached hydrogen (secondary N) is 1. The lowest BCUT2D eigenvalue weighted by atomic mass is 10.1. The summed E-state index contributed by atoms with van der Waals surface area (Å²) in [5.41, 5.74) is 3.33. The summed E-state index contributed by atoms with van der Waals surface area (Å²) < 4.78 is 33.3. The monoisotopic (exact) mass is 361 g/mol. The van der Waals surface area contributed by atoms with Crippen LogP contribution in [0, 0.1) is 0 Å². The largest absolute Gasteiger partial charge is 0.452 e. The number of fused-ring (bicyclic) bond motifs is 1. The molecule has 0 saturated heterocycles. The van der Waals surface area contributed by atoms with Crippen LogP contribution in [0.2, 0.25) is 0 Å². The second-order valence-electron chi connectivity index (χ2n) is 5.86. The lowest BCUT2D eigenvalue weighted by Crippen LogP contribution is -2.21. The minimum Gasteiger partial charge on any atom is -0.452 e. The molecular formula is C19H17F2NO4. The molecule has 0 saturated carbocycles. The van der Waals surface area contributed by atoms with Crippen molar-refractivity contribution in [3.63, 3.8) is 0 Å². The Morgan fingerprint density at radius 2 is 1.77 bits per heavy atom. The summed E-state index contributed by atoms with van der Waals surface area (Å²) in [6, 6.07) is 10.8. The van der Waals surface area contributed by atoms with E-state index in [4.69, 9.17) is 4.74 Å². The van der Waals surface area contributed by atoms with Crippen molar-refractivity contribution >= 4 is 17.6 Å². The maximum atomic E-state index is 12.1. The van der Waals surface area contributed by atoms with E-state index in [0.29, 0.717) is 5.69 Å². The molecule has 3 rings (SSSR count). The van der Waals surface area contributed by atoms with Crippen molar-refractivity contribution in [1.29, 1.82) is 0 Å². The van der Waals surface area contributed by atoms with Gasteiger partial charge in [-0.05, 0) is 66.8 Å². The third-order valence-electron chi connectivity index (χ3n) is 4.03. The van der Waals surface area contributed by atoms with E-state index in [2.05, 4.69) is 10.1 Å². The van der Waals surface area contributed by atoms with E-state index in [9.17, 15) is 18.4 Å². The summed E-state index contributed by atoms with van der Waals surface area (Å²) in [5.74, 6) is -1.24. The average Bonchev–Trinajstić information content (AvgIpc) is 3.07. The van der Waals surface area contributed by atoms with Crippen molar-refractivity contribution < 1.29 is 27.8 Å². The minimum atomic E-state index is -2.93. The fourth-order valence-corrected chi connectivity index (χ4v) is 2.83. The second kappa shape index (κ2) is 7.95. The van der Waals surface area contributed by atoms with E-state index in [1.54, 1.807) is 0 Å². The summed E-state index contributed by atoms with van der Waals surface area (Å²) in [4.78, 5) is 23.8. The van der Waals surface area contributed by atoms with Gasteiger partial charge in [0.25, 0.3) is 5.91 Å². The van der Waals surface area contributed by atoms with Gasteiger partial charge < -0.3 is 14.8 Å². The first-order chi connectivity index (χ1) is 12.5. The van der Waals surface area contributed by atoms with E-state index in [1.165, 1.54) is 35.4 Å². The zero-order chi connectivity index (χ0) is 18.5. The van der Waals surface area contributed by atoms with Crippen molar-refractivity contribution in [1.82, 2.24) is 0 Å². The molecule has 0 atom stereocenters. The molecule has 26 heavy (non-hydrogen) atoms. The molecule has 0 unspecified atom stereocenters. The van der Waals surface area contributed by atoms with Crippen LogP contribution in [0.25, 0.3) is 0 Å². The summed E-state index contributed by atoms with van der Waals surface area (Å²) in [7, 11) is 0. The van der Waals surface area contributed by atoms with Crippen molar-refractivity contribution in [2.75, 3.05) is 11.9 Å². The molecule has 2 aromatic carbocycles. The van der Waals surface area contributed by atoms with Gasteiger partial charge in [0.05, 0.1) is 5.56 Å². The zero-order valence-corrected chi connectivity index (χ0v) is 13.8. The number of hydrogen-bond donors (Lipinski definition) is 1. The van der Waals surface area contributed by atoms with Crippen LogP contribution < -0.4 is 10.1 Å². The molecule has 0 bridgehead atoms. The van der Waals surface area contributed by atoms with E-state index in [0.717, 1.165) is 19.3 Å². The van der Waals surface area contributed by atoms with E-state index in [-0.39, 0.29) is 11.3 Å². The number of esters is 1. The van der Waals surface area contributed by atoms with Gasteiger partial charge in [-0.15, -0.1) is 0 Å². The van der Waals surface area contributed by atoms with Crippen molar-refractivity contribution in [2.45, 2.75) is 25.9 Å². The summed E-state index contributed by atoms with van der Waals surface area (Å²) in [6.07, 6.45) is 3.17. The van der Waals surface area contributed by atoms with Crippen molar-refractivity contribution in [3.8, 4) is 5.75 Å². The predicted molar refractivity (Wildman–Crippen MR) is 90.5 cm³/mol. The Balaban J connectivity index is 1.50. The summed E-state index contributed by atoms with van der Waals surface area (Å²) in [6.45, 7) is -3.37. The molecule has 1 aliphatic rings. The van der Waals surface area contributed by atoms with Crippen LogP contribution in [0.3, 0.4) is 0 Å². The highest BCUT2D eigenvalue weighted by atomic mass is 19.3. The molecule has 5 nitrogen and oxygen atoms in total. The Morgan fingerprint density at radius 3 is 2.50 bits per heavy atom. The fraction of sp³-hybridized carbons (Fsp3) is 0.263. The van der Waals surface area contributed by atoms with Crippen molar-refractivity contribution in [3.05, 3.63) is 59.2 Å². The van der Waals surface area contributed by atoms with Gasteiger partial charge in [-0.2, -0.15) is 8.78 Å². The molecule has 2 aromatic rings. The minimum absolute atomic E-state index is 0.0640. The number of hydrogen-bond acceptors (Lipinski definition) is 4. The Morgan fingerprint density at radius 1 is 1.04 bits per heavy atom. The molecule has 0 spiro atoms. The van der Waals surface area contributed by atoms with Gasteiger partial charge in [0.2, 0.25) is 0 Å². The molecule has 0 heterocycles. The highest BCUT2D eigenvalue weighted by Crippen LogP contribution is 2.24. The quantitative estimate of drug-likeness (QED) is 0.799. The van der Waals surface area contributed by atoms with Crippen LogP contribution in [0.5, 0.6) is 5.75 Å². The lowest BCUT2D eigenvalue weighted by Gasteiger charge is -2.09. The Bertz CT molecular complexity index is 806. The maximum absolute atomic E-state index is 12.1. The molecule has 0 aliphatic heterocycles. The number of benzene rings is 2. The van der Waals surface area contributed by atoms with Gasteiger partial charge in [-0.1, -0.05) is 6.07 Å². The first-order valence-electron chi connectivity index (χ1n) is 8.15. The summed E-state index contributed by atoms with van der Waals surface area (Å²) >= 11 is 0. The number of carbonyl (C=O) groups is 2. The van der Waals surface area contributed by atoms with Gasteiger partial charge >= 0.3 is 12.6 Å². The maximum Gasteiger partial charge on any atom is 0.387 e. The van der Waals surface area contributed by atoms with E-state index < -0.39 is 25.1 Å². The molecular weight excluding hydrogens is 344 g/mol. The summed E-state index contributed by atoms with van der Waals surface area (Å²) in [5, 5.41) is 2.69. The average molecular weight is 361 g/mol. The normalized spacial score (nSPS) is 12.6. The van der Waals surface area contributed by atoms with E-state index in [1.807, 2.05) is 18.2 Å². The topological polar surface area (TPSA) is 64.6 Å². The number of ether oxygens (including phenoxy) is 2. The standard InChI is InChI=1S/C19H17F2NO4/c20-19(21)26-16-8-5-13(6-9-16)18(24)25-11-17(23)22-15-7-4-12-2-1-3-14(12)10-15/h4-10,19H,1-3,11H2,(H,22,23). The number of anilines is 1. The first-order valence-corrected chi connectivity index (χ1v) is 8.15. The van der Waals surface area contributed by atoms with Crippen molar-refractivity contribution in [2.24, 2.45) is 0 Å². The van der Waals surface area contributed by atoms with Gasteiger partial charge in [0.1, 0.15) is 5.75 Å².